The molecular formula is C47H95O9P. The number of ether oxygens (including phenoxy) is 2. The van der Waals surface area contributed by atoms with E-state index in [9.17, 15) is 19.4 Å². The second kappa shape index (κ2) is 45.0. The van der Waals surface area contributed by atoms with Crippen molar-refractivity contribution in [1.82, 2.24) is 0 Å². The molecule has 0 aliphatic heterocycles. The van der Waals surface area contributed by atoms with Gasteiger partial charge in [-0.15, -0.1) is 0 Å². The second-order valence-corrected chi connectivity index (χ2v) is 18.3. The summed E-state index contributed by atoms with van der Waals surface area (Å²) in [6.45, 7) is 3.60. The third kappa shape index (κ3) is 44.8. The Balaban J connectivity index is 4.04. The number of hydrogen-bond acceptors (Lipinski definition) is 8. The molecule has 0 fully saturated rings. The standard InChI is InChI=1S/C47H95O9P/c1-3-5-7-9-11-13-15-17-19-21-22-23-25-27-29-31-33-35-37-39-47(50)56-46(44-55-57(51,52)54-42-45(49)41-48)43-53-40-38-36-34-32-30-28-26-24-20-18-16-14-12-10-8-6-4-2/h45-46,48-49H,3-44H2,1-2H3,(H,51,52). The lowest BCUT2D eigenvalue weighted by Crippen LogP contribution is -2.29. The van der Waals surface area contributed by atoms with Gasteiger partial charge in [-0.05, 0) is 12.8 Å². The maximum Gasteiger partial charge on any atom is 0.472 e. The van der Waals surface area contributed by atoms with Gasteiger partial charge < -0.3 is 24.6 Å². The zero-order chi connectivity index (χ0) is 41.8. The van der Waals surface area contributed by atoms with Gasteiger partial charge in [0, 0.05) is 13.0 Å². The van der Waals surface area contributed by atoms with E-state index in [-0.39, 0.29) is 25.6 Å². The maximum absolute atomic E-state index is 12.7. The number of aliphatic hydroxyl groups excluding tert-OH is 2. The van der Waals surface area contributed by atoms with Gasteiger partial charge in [-0.1, -0.05) is 232 Å². The molecule has 0 saturated carbocycles. The molecule has 0 aliphatic rings. The number of carbonyl (C=O) groups is 1. The monoisotopic (exact) mass is 835 g/mol. The minimum atomic E-state index is -4.51. The first-order valence-corrected chi connectivity index (χ1v) is 26.0. The van der Waals surface area contributed by atoms with Crippen molar-refractivity contribution in [2.24, 2.45) is 0 Å². The lowest BCUT2D eigenvalue weighted by atomic mass is 10.0. The Bertz CT molecular complexity index is 861. The van der Waals surface area contributed by atoms with E-state index in [0.29, 0.717) is 6.61 Å². The molecule has 0 rings (SSSR count). The molecule has 0 saturated heterocycles. The highest BCUT2D eigenvalue weighted by Gasteiger charge is 2.26. The van der Waals surface area contributed by atoms with Gasteiger partial charge in [0.05, 0.1) is 26.4 Å². The molecule has 342 valence electrons. The van der Waals surface area contributed by atoms with Crippen LogP contribution in [0.1, 0.15) is 251 Å². The van der Waals surface area contributed by atoms with Crippen molar-refractivity contribution in [1.29, 1.82) is 0 Å². The summed E-state index contributed by atoms with van der Waals surface area (Å²) in [6.07, 6.45) is 44.9. The maximum atomic E-state index is 12.7. The van der Waals surface area contributed by atoms with Crippen LogP contribution in [-0.2, 0) is 27.9 Å². The highest BCUT2D eigenvalue weighted by molar-refractivity contribution is 7.47. The van der Waals surface area contributed by atoms with E-state index in [1.54, 1.807) is 0 Å². The van der Waals surface area contributed by atoms with Crippen LogP contribution in [0.25, 0.3) is 0 Å². The molecular weight excluding hydrogens is 739 g/mol. The summed E-state index contributed by atoms with van der Waals surface area (Å²) in [6, 6.07) is 0. The van der Waals surface area contributed by atoms with E-state index in [1.807, 2.05) is 0 Å². The molecule has 0 radical (unpaired) electrons. The van der Waals surface area contributed by atoms with Crippen molar-refractivity contribution in [2.45, 2.75) is 264 Å². The Labute approximate surface area is 352 Å². The molecule has 3 unspecified atom stereocenters. The lowest BCUT2D eigenvalue weighted by Gasteiger charge is -2.20. The lowest BCUT2D eigenvalue weighted by molar-refractivity contribution is -0.154. The predicted octanol–water partition coefficient (Wildman–Crippen LogP) is 13.9. The molecule has 0 spiro atoms. The first-order chi connectivity index (χ1) is 27.8. The van der Waals surface area contributed by atoms with Crippen molar-refractivity contribution in [2.75, 3.05) is 33.0 Å². The van der Waals surface area contributed by atoms with Crippen molar-refractivity contribution in [3.63, 3.8) is 0 Å². The molecule has 0 heterocycles. The number of unbranched alkanes of at least 4 members (excludes halogenated alkanes) is 34. The fourth-order valence-corrected chi connectivity index (χ4v) is 8.09. The van der Waals surface area contributed by atoms with E-state index < -0.39 is 33.2 Å². The van der Waals surface area contributed by atoms with Crippen molar-refractivity contribution < 1.29 is 43.0 Å². The summed E-state index contributed by atoms with van der Waals surface area (Å²) in [5.41, 5.74) is 0. The van der Waals surface area contributed by atoms with Gasteiger partial charge in [0.1, 0.15) is 12.2 Å². The molecule has 0 aromatic heterocycles. The highest BCUT2D eigenvalue weighted by atomic mass is 31.2. The van der Waals surface area contributed by atoms with E-state index >= 15 is 0 Å². The Morgan fingerprint density at radius 2 is 0.789 bits per heavy atom. The van der Waals surface area contributed by atoms with Crippen molar-refractivity contribution in [3.05, 3.63) is 0 Å². The summed E-state index contributed by atoms with van der Waals surface area (Å²) in [7, 11) is -4.51. The largest absolute Gasteiger partial charge is 0.472 e. The minimum Gasteiger partial charge on any atom is -0.457 e. The van der Waals surface area contributed by atoms with E-state index in [1.165, 1.54) is 199 Å². The number of hydrogen-bond donors (Lipinski definition) is 3. The first kappa shape index (κ1) is 56.5. The van der Waals surface area contributed by atoms with Gasteiger partial charge >= 0.3 is 13.8 Å². The number of rotatable bonds is 48. The number of aliphatic hydroxyl groups is 2. The number of phosphoric ester groups is 1. The minimum absolute atomic E-state index is 0.0586. The van der Waals surface area contributed by atoms with Crippen LogP contribution in [0.2, 0.25) is 0 Å². The van der Waals surface area contributed by atoms with Gasteiger partial charge in [-0.2, -0.15) is 0 Å². The normalized spacial score (nSPS) is 13.8. The predicted molar refractivity (Wildman–Crippen MR) is 238 cm³/mol. The average Bonchev–Trinajstić information content (AvgIpc) is 3.20. The van der Waals surface area contributed by atoms with E-state index in [0.717, 1.165) is 32.1 Å². The van der Waals surface area contributed by atoms with Crippen LogP contribution in [0.5, 0.6) is 0 Å². The zero-order valence-electron chi connectivity index (χ0n) is 37.6. The zero-order valence-corrected chi connectivity index (χ0v) is 38.5. The Kier molecular flexibility index (Phi) is 44.6. The van der Waals surface area contributed by atoms with Crippen LogP contribution >= 0.6 is 7.82 Å². The van der Waals surface area contributed by atoms with Gasteiger partial charge in [0.2, 0.25) is 0 Å². The fourth-order valence-electron chi connectivity index (χ4n) is 7.30. The number of esters is 1. The summed E-state index contributed by atoms with van der Waals surface area (Å²) in [5, 5.41) is 18.4. The van der Waals surface area contributed by atoms with E-state index in [4.69, 9.17) is 23.6 Å². The average molecular weight is 835 g/mol. The van der Waals surface area contributed by atoms with Crippen LogP contribution < -0.4 is 0 Å². The van der Waals surface area contributed by atoms with Crippen LogP contribution in [-0.4, -0.2) is 66.3 Å². The topological polar surface area (TPSA) is 132 Å². The molecule has 0 bridgehead atoms. The van der Waals surface area contributed by atoms with Gasteiger partial charge in [-0.25, -0.2) is 4.57 Å². The summed E-state index contributed by atoms with van der Waals surface area (Å²) >= 11 is 0. The molecule has 9 nitrogen and oxygen atoms in total. The Morgan fingerprint density at radius 3 is 1.14 bits per heavy atom. The quantitative estimate of drug-likeness (QED) is 0.0311. The molecule has 0 aromatic rings. The third-order valence-electron chi connectivity index (χ3n) is 11.0. The molecule has 0 amide bonds. The van der Waals surface area contributed by atoms with E-state index in [2.05, 4.69) is 13.8 Å². The number of carbonyl (C=O) groups excluding carboxylic acids is 1. The van der Waals surface area contributed by atoms with Crippen LogP contribution in [0.15, 0.2) is 0 Å². The van der Waals surface area contributed by atoms with Crippen molar-refractivity contribution in [3.8, 4) is 0 Å². The second-order valence-electron chi connectivity index (χ2n) is 16.9. The molecule has 0 aliphatic carbocycles. The van der Waals surface area contributed by atoms with Crippen LogP contribution in [0.3, 0.4) is 0 Å². The molecule has 10 heteroatoms. The molecule has 57 heavy (non-hydrogen) atoms. The molecule has 0 aromatic carbocycles. The third-order valence-corrected chi connectivity index (χ3v) is 12.0. The first-order valence-electron chi connectivity index (χ1n) is 24.5. The van der Waals surface area contributed by atoms with Gasteiger partial charge in [0.15, 0.2) is 0 Å². The molecule has 3 atom stereocenters. The summed E-state index contributed by atoms with van der Waals surface area (Å²) in [4.78, 5) is 22.6. The SMILES string of the molecule is CCCCCCCCCCCCCCCCCCCCCC(=O)OC(COCCCCCCCCCCCCCCCCCCC)COP(=O)(O)OCC(O)CO. The fraction of sp³-hybridized carbons (Fsp3) is 0.979. The van der Waals surface area contributed by atoms with Gasteiger partial charge in [0.25, 0.3) is 0 Å². The highest BCUT2D eigenvalue weighted by Crippen LogP contribution is 2.43. The summed E-state index contributed by atoms with van der Waals surface area (Å²) in [5.74, 6) is -0.374. The Morgan fingerprint density at radius 1 is 0.474 bits per heavy atom. The van der Waals surface area contributed by atoms with Crippen LogP contribution in [0, 0.1) is 0 Å². The van der Waals surface area contributed by atoms with Gasteiger partial charge in [-0.3, -0.25) is 13.8 Å². The number of phosphoric acid groups is 1. The Hall–Kier alpha value is -0.540. The molecule has 3 N–H and O–H groups in total. The smallest absolute Gasteiger partial charge is 0.457 e. The van der Waals surface area contributed by atoms with Crippen molar-refractivity contribution >= 4 is 13.8 Å². The van der Waals surface area contributed by atoms with Crippen LogP contribution in [0.4, 0.5) is 0 Å². The summed E-state index contributed by atoms with van der Waals surface area (Å²) < 4.78 is 33.5.